The third kappa shape index (κ3) is 3.74. The maximum Gasteiger partial charge on any atom is 0.0734 e. The van der Waals surface area contributed by atoms with Crippen molar-refractivity contribution in [1.29, 1.82) is 0 Å². The molecule has 228 valence electrons. The van der Waals surface area contributed by atoms with E-state index in [1.165, 1.54) is 72.0 Å². The van der Waals surface area contributed by atoms with E-state index in [0.29, 0.717) is 0 Å². The van der Waals surface area contributed by atoms with Gasteiger partial charge in [-0.1, -0.05) is 164 Å². The van der Waals surface area contributed by atoms with Gasteiger partial charge in [0.25, 0.3) is 0 Å². The van der Waals surface area contributed by atoms with E-state index in [0.717, 1.165) is 6.42 Å². The van der Waals surface area contributed by atoms with Crippen LogP contribution in [-0.4, -0.2) is 4.57 Å². The SMILES string of the molecule is c1ccc(C2Nc3ccccc3CC2n2c3ccccc3c3ccc4c(c32)C(c2ccccc2)(c2ccccc2)c2ccccc2-4)cc1. The van der Waals surface area contributed by atoms with Crippen molar-refractivity contribution in [2.45, 2.75) is 23.9 Å². The topological polar surface area (TPSA) is 17.0 Å². The van der Waals surface area contributed by atoms with Crippen LogP contribution in [0.5, 0.6) is 0 Å². The molecule has 1 N–H and O–H groups in total. The summed E-state index contributed by atoms with van der Waals surface area (Å²) in [5.41, 5.74) is 13.9. The minimum atomic E-state index is -0.498. The summed E-state index contributed by atoms with van der Waals surface area (Å²) in [4.78, 5) is 0. The van der Waals surface area contributed by atoms with Crippen LogP contribution in [-0.2, 0) is 11.8 Å². The minimum Gasteiger partial charge on any atom is -0.376 e. The fraction of sp³-hybridized carbons (Fsp3) is 0.0870. The van der Waals surface area contributed by atoms with Gasteiger partial charge in [-0.3, -0.25) is 0 Å². The molecule has 0 fully saturated rings. The Morgan fingerprint density at radius 3 is 1.92 bits per heavy atom. The van der Waals surface area contributed by atoms with Crippen LogP contribution in [0.1, 0.15) is 45.5 Å². The minimum absolute atomic E-state index is 0.0857. The Morgan fingerprint density at radius 1 is 0.521 bits per heavy atom. The lowest BCUT2D eigenvalue weighted by Gasteiger charge is -2.39. The van der Waals surface area contributed by atoms with Crippen LogP contribution in [0.2, 0.25) is 0 Å². The number of anilines is 1. The molecule has 7 aromatic carbocycles. The molecule has 2 heterocycles. The molecule has 2 atom stereocenters. The number of nitrogens with zero attached hydrogens (tertiary/aromatic N) is 1. The van der Waals surface area contributed by atoms with Crippen molar-refractivity contribution in [2.24, 2.45) is 0 Å². The monoisotopic (exact) mass is 614 g/mol. The molecular weight excluding hydrogens is 581 g/mol. The largest absolute Gasteiger partial charge is 0.376 e. The van der Waals surface area contributed by atoms with Crippen molar-refractivity contribution in [3.8, 4) is 11.1 Å². The first kappa shape index (κ1) is 27.3. The predicted octanol–water partition coefficient (Wildman–Crippen LogP) is 11.1. The van der Waals surface area contributed by atoms with Crippen molar-refractivity contribution >= 4 is 27.5 Å². The lowest BCUT2D eigenvalue weighted by Crippen LogP contribution is -2.32. The highest BCUT2D eigenvalue weighted by Crippen LogP contribution is 2.59. The molecule has 1 aliphatic heterocycles. The average molecular weight is 615 g/mol. The van der Waals surface area contributed by atoms with Crippen molar-refractivity contribution < 1.29 is 0 Å². The Bertz CT molecular complexity index is 2420. The quantitative estimate of drug-likeness (QED) is 0.209. The van der Waals surface area contributed by atoms with Crippen LogP contribution >= 0.6 is 0 Å². The third-order valence-electron chi connectivity index (χ3n) is 10.9. The number of fused-ring (bicyclic) bond motifs is 8. The summed E-state index contributed by atoms with van der Waals surface area (Å²) in [5, 5.41) is 6.63. The van der Waals surface area contributed by atoms with E-state index in [-0.39, 0.29) is 12.1 Å². The fourth-order valence-corrected chi connectivity index (χ4v) is 9.01. The number of hydrogen-bond donors (Lipinski definition) is 1. The summed E-state index contributed by atoms with van der Waals surface area (Å²) in [7, 11) is 0. The second kappa shape index (κ2) is 10.6. The van der Waals surface area contributed by atoms with Gasteiger partial charge in [0, 0.05) is 27.5 Å². The van der Waals surface area contributed by atoms with Gasteiger partial charge in [-0.2, -0.15) is 0 Å². The first-order chi connectivity index (χ1) is 23.8. The molecule has 0 saturated carbocycles. The third-order valence-corrected chi connectivity index (χ3v) is 10.9. The summed E-state index contributed by atoms with van der Waals surface area (Å²) in [6.07, 6.45) is 0.927. The van der Waals surface area contributed by atoms with E-state index in [4.69, 9.17) is 0 Å². The Morgan fingerprint density at radius 2 is 1.15 bits per heavy atom. The normalized spacial score (nSPS) is 17.4. The highest BCUT2D eigenvalue weighted by Gasteiger charge is 2.48. The van der Waals surface area contributed by atoms with E-state index in [9.17, 15) is 0 Å². The zero-order valence-electron chi connectivity index (χ0n) is 26.6. The zero-order valence-corrected chi connectivity index (χ0v) is 26.6. The first-order valence-corrected chi connectivity index (χ1v) is 17.0. The molecule has 0 radical (unpaired) electrons. The number of rotatable bonds is 4. The molecule has 10 rings (SSSR count). The van der Waals surface area contributed by atoms with E-state index in [1.54, 1.807) is 0 Å². The second-order valence-corrected chi connectivity index (χ2v) is 13.3. The highest BCUT2D eigenvalue weighted by molar-refractivity contribution is 6.13. The molecule has 0 amide bonds. The van der Waals surface area contributed by atoms with E-state index in [1.807, 2.05) is 0 Å². The highest BCUT2D eigenvalue weighted by atomic mass is 15.1. The van der Waals surface area contributed by atoms with Crippen molar-refractivity contribution in [3.05, 3.63) is 209 Å². The first-order valence-electron chi connectivity index (χ1n) is 17.0. The molecule has 48 heavy (non-hydrogen) atoms. The zero-order chi connectivity index (χ0) is 31.7. The van der Waals surface area contributed by atoms with Crippen LogP contribution in [0.25, 0.3) is 32.9 Å². The molecule has 1 aromatic heterocycles. The maximum absolute atomic E-state index is 4.03. The van der Waals surface area contributed by atoms with E-state index < -0.39 is 5.41 Å². The molecule has 0 saturated heterocycles. The van der Waals surface area contributed by atoms with Crippen LogP contribution in [0.3, 0.4) is 0 Å². The lowest BCUT2D eigenvalue weighted by molar-refractivity contribution is 0.444. The fourth-order valence-electron chi connectivity index (χ4n) is 9.01. The molecule has 1 aliphatic carbocycles. The molecule has 0 bridgehead atoms. The summed E-state index contributed by atoms with van der Waals surface area (Å²) >= 11 is 0. The number of nitrogens with one attached hydrogen (secondary N) is 1. The van der Waals surface area contributed by atoms with E-state index >= 15 is 0 Å². The van der Waals surface area contributed by atoms with Gasteiger partial charge >= 0.3 is 0 Å². The Hall–Kier alpha value is -5.86. The lowest BCUT2D eigenvalue weighted by atomic mass is 9.67. The van der Waals surface area contributed by atoms with Crippen LogP contribution in [0.15, 0.2) is 176 Å². The van der Waals surface area contributed by atoms with Gasteiger partial charge in [0.2, 0.25) is 0 Å². The van der Waals surface area contributed by atoms with Crippen molar-refractivity contribution in [1.82, 2.24) is 4.57 Å². The smallest absolute Gasteiger partial charge is 0.0734 e. The van der Waals surface area contributed by atoms with E-state index in [2.05, 4.69) is 186 Å². The summed E-state index contributed by atoms with van der Waals surface area (Å²) < 4.78 is 2.72. The van der Waals surface area contributed by atoms with Crippen molar-refractivity contribution in [2.75, 3.05) is 5.32 Å². The van der Waals surface area contributed by atoms with Gasteiger partial charge in [0.15, 0.2) is 0 Å². The molecule has 2 unspecified atom stereocenters. The van der Waals surface area contributed by atoms with Gasteiger partial charge < -0.3 is 9.88 Å². The Balaban J connectivity index is 1.38. The van der Waals surface area contributed by atoms with Crippen molar-refractivity contribution in [3.63, 3.8) is 0 Å². The number of para-hydroxylation sites is 2. The molecule has 2 nitrogen and oxygen atoms in total. The van der Waals surface area contributed by atoms with Crippen LogP contribution in [0.4, 0.5) is 5.69 Å². The molecule has 2 aliphatic rings. The molecule has 2 heteroatoms. The average Bonchev–Trinajstić information content (AvgIpc) is 3.66. The summed E-state index contributed by atoms with van der Waals surface area (Å²) in [6.45, 7) is 0. The summed E-state index contributed by atoms with van der Waals surface area (Å²) in [6, 6.07) is 65.4. The second-order valence-electron chi connectivity index (χ2n) is 13.3. The molecular formula is C46H34N2. The summed E-state index contributed by atoms with van der Waals surface area (Å²) in [5.74, 6) is 0. The Labute approximate surface area is 280 Å². The molecule has 8 aromatic rings. The number of aromatic nitrogens is 1. The number of benzene rings is 7. The van der Waals surface area contributed by atoms with Gasteiger partial charge in [-0.05, 0) is 57.5 Å². The van der Waals surface area contributed by atoms with Gasteiger partial charge in [-0.15, -0.1) is 0 Å². The van der Waals surface area contributed by atoms with Gasteiger partial charge in [0.1, 0.15) is 0 Å². The number of hydrogen-bond acceptors (Lipinski definition) is 1. The van der Waals surface area contributed by atoms with Crippen LogP contribution in [0, 0.1) is 0 Å². The van der Waals surface area contributed by atoms with Crippen LogP contribution < -0.4 is 5.32 Å². The Kier molecular flexibility index (Phi) is 6.01. The van der Waals surface area contributed by atoms with Gasteiger partial charge in [-0.25, -0.2) is 0 Å². The predicted molar refractivity (Wildman–Crippen MR) is 199 cm³/mol. The standard InChI is InChI=1S/C46H34N2/c1-4-16-31(17-5-1)44-42(30-32-18-10-14-26-40(32)47-44)48-41-27-15-12-24-36(41)38-29-28-37-35-23-11-13-25-39(35)46(43(37)45(38)48,33-19-6-2-7-20-33)34-21-8-3-9-22-34/h1-29,42,44,47H,30H2. The van der Waals surface area contributed by atoms with Gasteiger partial charge in [0.05, 0.1) is 23.0 Å². The molecule has 0 spiro atoms. The maximum atomic E-state index is 4.03.